The maximum atomic E-state index is 12.8. The molecule has 5 heterocycles. The number of rotatable bonds is 8. The molecule has 0 spiro atoms. The van der Waals surface area contributed by atoms with Crippen molar-refractivity contribution in [2.24, 2.45) is 0 Å². The molecule has 4 aliphatic heterocycles. The number of morpholine rings is 1. The Morgan fingerprint density at radius 2 is 1.29 bits per heavy atom. The van der Waals surface area contributed by atoms with Gasteiger partial charge in [0.2, 0.25) is 11.9 Å². The molecular weight excluding hydrogens is 614 g/mol. The fourth-order valence-corrected chi connectivity index (χ4v) is 7.20. The van der Waals surface area contributed by atoms with Crippen molar-refractivity contribution in [2.45, 2.75) is 49.9 Å². The summed E-state index contributed by atoms with van der Waals surface area (Å²) in [4.78, 5) is 48.6. The highest BCUT2D eigenvalue weighted by Crippen LogP contribution is 2.36. The van der Waals surface area contributed by atoms with E-state index in [2.05, 4.69) is 27.5 Å². The fourth-order valence-electron chi connectivity index (χ4n) is 7.20. The Hall–Kier alpha value is -4.37. The molecule has 14 heteroatoms. The van der Waals surface area contributed by atoms with E-state index in [1.165, 1.54) is 0 Å². The lowest BCUT2D eigenvalue weighted by atomic mass is 10.1. The zero-order chi connectivity index (χ0) is 33.2. The lowest BCUT2D eigenvalue weighted by Crippen LogP contribution is -2.47. The molecule has 4 saturated heterocycles. The molecule has 0 aliphatic carbocycles. The average Bonchev–Trinajstić information content (AvgIpc) is 3.65. The molecule has 4 aliphatic rings. The van der Waals surface area contributed by atoms with Crippen LogP contribution < -0.4 is 20.4 Å². The normalized spacial score (nSPS) is 24.2. The molecule has 1 aromatic heterocycles. The molecule has 3 aromatic rings. The van der Waals surface area contributed by atoms with Gasteiger partial charge in [0.05, 0.1) is 50.6 Å². The molecular formula is C34H43N9O5. The Morgan fingerprint density at radius 1 is 0.750 bits per heavy atom. The molecule has 254 valence electrons. The number of benzene rings is 2. The molecule has 14 nitrogen and oxygen atoms in total. The van der Waals surface area contributed by atoms with Gasteiger partial charge in [0.1, 0.15) is 0 Å². The van der Waals surface area contributed by atoms with Crippen LogP contribution in [-0.2, 0) is 4.74 Å². The Labute approximate surface area is 279 Å². The van der Waals surface area contributed by atoms with Crippen LogP contribution in [0.3, 0.4) is 0 Å². The Morgan fingerprint density at radius 3 is 1.85 bits per heavy atom. The highest BCUT2D eigenvalue weighted by atomic mass is 16.5. The molecule has 4 unspecified atom stereocenters. The average molecular weight is 658 g/mol. The van der Waals surface area contributed by atoms with Crippen LogP contribution >= 0.6 is 0 Å². The van der Waals surface area contributed by atoms with Crippen molar-refractivity contribution in [1.29, 1.82) is 0 Å². The van der Waals surface area contributed by atoms with E-state index in [1.807, 2.05) is 21.9 Å². The minimum Gasteiger partial charge on any atom is -0.394 e. The number of aliphatic hydroxyl groups excluding tert-OH is 2. The number of piperazine rings is 1. The van der Waals surface area contributed by atoms with Gasteiger partial charge in [0.25, 0.3) is 5.91 Å². The number of likely N-dealkylation sites (N-methyl/N-ethyl adjacent to an activating group) is 1. The quantitative estimate of drug-likeness (QED) is 0.282. The molecule has 7 rings (SSSR count). The van der Waals surface area contributed by atoms with Crippen LogP contribution in [0.1, 0.15) is 36.0 Å². The predicted molar refractivity (Wildman–Crippen MR) is 181 cm³/mol. The van der Waals surface area contributed by atoms with E-state index >= 15 is 0 Å². The predicted octanol–water partition coefficient (Wildman–Crippen LogP) is 2.26. The van der Waals surface area contributed by atoms with Gasteiger partial charge in [0, 0.05) is 48.7 Å². The lowest BCUT2D eigenvalue weighted by Gasteiger charge is -2.36. The zero-order valence-corrected chi connectivity index (χ0v) is 27.2. The van der Waals surface area contributed by atoms with Crippen molar-refractivity contribution in [3.8, 4) is 11.4 Å². The minimum atomic E-state index is -0.410. The maximum Gasteiger partial charge on any atom is 0.323 e. The van der Waals surface area contributed by atoms with Gasteiger partial charge < -0.3 is 45.2 Å². The summed E-state index contributed by atoms with van der Waals surface area (Å²) in [6, 6.07) is 13.8. The van der Waals surface area contributed by atoms with E-state index in [0.717, 1.165) is 44.3 Å². The number of hydrogen-bond donors (Lipinski definition) is 4. The van der Waals surface area contributed by atoms with Crippen molar-refractivity contribution in [1.82, 2.24) is 24.8 Å². The van der Waals surface area contributed by atoms with Gasteiger partial charge in [-0.2, -0.15) is 15.0 Å². The third-order valence-corrected chi connectivity index (χ3v) is 9.94. The molecule has 48 heavy (non-hydrogen) atoms. The smallest absolute Gasteiger partial charge is 0.323 e. The van der Waals surface area contributed by atoms with Gasteiger partial charge in [-0.1, -0.05) is 0 Å². The monoisotopic (exact) mass is 657 g/mol. The summed E-state index contributed by atoms with van der Waals surface area (Å²) in [6.45, 7) is 4.24. The molecule has 4 N–H and O–H groups in total. The summed E-state index contributed by atoms with van der Waals surface area (Å²) < 4.78 is 5.80. The summed E-state index contributed by atoms with van der Waals surface area (Å²) >= 11 is 0. The number of carbonyl (C=O) groups excluding carboxylic acids is 2. The molecule has 2 aromatic carbocycles. The summed E-state index contributed by atoms with van der Waals surface area (Å²) in [5.41, 5.74) is 2.49. The number of urea groups is 1. The standard InChI is InChI=1S/C34H43N9O5/c1-40-14-16-41(17-15-40)31(46)23-4-8-25(9-5-23)36-34(47)35-24-6-2-22(3-7-24)30-37-32(42-26(18-44)10-11-27(42)19-45)39-33(38-30)43-28-12-13-29(43)21-48-20-28/h2-9,26-29,44-45H,10-21H2,1H3,(H2,35,36,47). The number of aromatic nitrogens is 3. The molecule has 4 atom stereocenters. The first-order valence-electron chi connectivity index (χ1n) is 16.8. The van der Waals surface area contributed by atoms with Crippen LogP contribution in [0.25, 0.3) is 11.4 Å². The van der Waals surface area contributed by atoms with Crippen LogP contribution in [0.2, 0.25) is 0 Å². The van der Waals surface area contributed by atoms with Gasteiger partial charge in [-0.15, -0.1) is 0 Å². The molecule has 2 bridgehead atoms. The largest absolute Gasteiger partial charge is 0.394 e. The van der Waals surface area contributed by atoms with Crippen LogP contribution in [0.15, 0.2) is 48.5 Å². The van der Waals surface area contributed by atoms with Crippen LogP contribution in [0.4, 0.5) is 28.1 Å². The first kappa shape index (κ1) is 32.2. The van der Waals surface area contributed by atoms with Crippen molar-refractivity contribution in [3.05, 3.63) is 54.1 Å². The number of aliphatic hydroxyl groups is 2. The van der Waals surface area contributed by atoms with Crippen molar-refractivity contribution < 1.29 is 24.5 Å². The lowest BCUT2D eigenvalue weighted by molar-refractivity contribution is 0.0664. The minimum absolute atomic E-state index is 0.00392. The van der Waals surface area contributed by atoms with Crippen LogP contribution in [0, 0.1) is 0 Å². The second-order valence-corrected chi connectivity index (χ2v) is 13.1. The highest BCUT2D eigenvalue weighted by Gasteiger charge is 2.41. The van der Waals surface area contributed by atoms with Crippen LogP contribution in [-0.4, -0.2) is 131 Å². The zero-order valence-electron chi connectivity index (χ0n) is 27.2. The van der Waals surface area contributed by atoms with Gasteiger partial charge in [-0.25, -0.2) is 4.79 Å². The molecule has 3 amide bonds. The van der Waals surface area contributed by atoms with Crippen molar-refractivity contribution in [2.75, 3.05) is 80.1 Å². The highest BCUT2D eigenvalue weighted by molar-refractivity contribution is 6.00. The maximum absolute atomic E-state index is 12.8. The van der Waals surface area contributed by atoms with Gasteiger partial charge in [-0.3, -0.25) is 4.79 Å². The van der Waals surface area contributed by atoms with E-state index in [-0.39, 0.29) is 43.3 Å². The van der Waals surface area contributed by atoms with E-state index in [9.17, 15) is 19.8 Å². The topological polar surface area (TPSA) is 160 Å². The Balaban J connectivity index is 1.06. The third kappa shape index (κ3) is 6.65. The molecule has 0 radical (unpaired) electrons. The van der Waals surface area contributed by atoms with E-state index in [0.29, 0.717) is 61.0 Å². The van der Waals surface area contributed by atoms with E-state index in [1.54, 1.807) is 36.4 Å². The summed E-state index contributed by atoms with van der Waals surface area (Å²) in [7, 11) is 2.05. The molecule has 0 saturated carbocycles. The SMILES string of the molecule is CN1CCN(C(=O)c2ccc(NC(=O)Nc3ccc(-c4nc(N5C(CO)CCC5CO)nc(N5C6CCC5COC6)n4)cc3)cc2)CC1. The van der Waals surface area contributed by atoms with Gasteiger partial charge in [-0.05, 0) is 81.3 Å². The fraction of sp³-hybridized carbons (Fsp3) is 0.500. The van der Waals surface area contributed by atoms with E-state index in [4.69, 9.17) is 19.7 Å². The number of fused-ring (bicyclic) bond motifs is 2. The number of nitrogens with zero attached hydrogens (tertiary/aromatic N) is 7. The number of anilines is 4. The Bertz CT molecular complexity index is 1570. The van der Waals surface area contributed by atoms with Crippen molar-refractivity contribution >= 4 is 35.2 Å². The number of ether oxygens (including phenoxy) is 1. The first-order valence-corrected chi connectivity index (χ1v) is 16.8. The summed E-state index contributed by atoms with van der Waals surface area (Å²) in [6.07, 6.45) is 3.49. The number of carbonyl (C=O) groups is 2. The van der Waals surface area contributed by atoms with Crippen LogP contribution in [0.5, 0.6) is 0 Å². The van der Waals surface area contributed by atoms with Crippen molar-refractivity contribution in [3.63, 3.8) is 0 Å². The van der Waals surface area contributed by atoms with Gasteiger partial charge in [0.15, 0.2) is 5.82 Å². The second-order valence-electron chi connectivity index (χ2n) is 13.1. The number of hydrogen-bond acceptors (Lipinski definition) is 11. The third-order valence-electron chi connectivity index (χ3n) is 9.94. The second kappa shape index (κ2) is 14.0. The summed E-state index contributed by atoms with van der Waals surface area (Å²) in [5, 5.41) is 25.9. The number of nitrogens with one attached hydrogen (secondary N) is 2. The Kier molecular flexibility index (Phi) is 9.39. The summed E-state index contributed by atoms with van der Waals surface area (Å²) in [5.74, 6) is 1.48. The first-order chi connectivity index (χ1) is 23.4. The molecule has 4 fully saturated rings. The van der Waals surface area contributed by atoms with E-state index < -0.39 is 6.03 Å². The van der Waals surface area contributed by atoms with Gasteiger partial charge >= 0.3 is 6.03 Å². The number of amides is 3.